The van der Waals surface area contributed by atoms with Crippen LogP contribution in [0.5, 0.6) is 0 Å². The number of benzene rings is 1. The van der Waals surface area contributed by atoms with E-state index in [1.54, 1.807) is 13.8 Å². The summed E-state index contributed by atoms with van der Waals surface area (Å²) in [6.45, 7) is 6.73. The van der Waals surface area contributed by atoms with Crippen molar-refractivity contribution >= 4 is 5.91 Å². The predicted molar refractivity (Wildman–Crippen MR) is 62.8 cm³/mol. The number of hydrogen-bond donors (Lipinski definition) is 1. The molecule has 0 unspecified atom stereocenters. The van der Waals surface area contributed by atoms with Crippen molar-refractivity contribution in [2.45, 2.75) is 25.6 Å². The van der Waals surface area contributed by atoms with Gasteiger partial charge in [-0.15, -0.1) is 0 Å². The number of amides is 1. The Morgan fingerprint density at radius 1 is 1.17 bits per heavy atom. The van der Waals surface area contributed by atoms with Gasteiger partial charge in [0, 0.05) is 0 Å². The second-order valence-electron chi connectivity index (χ2n) is 4.39. The maximum atomic E-state index is 12.4. The zero-order valence-electron chi connectivity index (χ0n) is 10.1. The van der Waals surface area contributed by atoms with Crippen molar-refractivity contribution in [1.29, 1.82) is 0 Å². The lowest BCUT2D eigenvalue weighted by molar-refractivity contribution is -0.137. The molecule has 0 aliphatic heterocycles. The SMILES string of the molecule is C=CC(=O)NC(C)(C)c1ccc(C(F)(F)F)cc1. The van der Waals surface area contributed by atoms with Crippen molar-refractivity contribution in [3.8, 4) is 0 Å². The number of alkyl halides is 3. The van der Waals surface area contributed by atoms with Gasteiger partial charge in [0.15, 0.2) is 0 Å². The molecule has 0 aliphatic carbocycles. The van der Waals surface area contributed by atoms with Gasteiger partial charge in [0.2, 0.25) is 5.91 Å². The van der Waals surface area contributed by atoms with Gasteiger partial charge in [-0.3, -0.25) is 4.79 Å². The molecule has 0 heterocycles. The summed E-state index contributed by atoms with van der Waals surface area (Å²) in [7, 11) is 0. The van der Waals surface area contributed by atoms with E-state index in [1.807, 2.05) is 0 Å². The Labute approximate surface area is 104 Å². The first-order valence-corrected chi connectivity index (χ1v) is 5.29. The van der Waals surface area contributed by atoms with Crippen LogP contribution in [0.25, 0.3) is 0 Å². The van der Waals surface area contributed by atoms with Crippen molar-refractivity contribution in [3.63, 3.8) is 0 Å². The van der Waals surface area contributed by atoms with Crippen LogP contribution in [-0.4, -0.2) is 5.91 Å². The fourth-order valence-electron chi connectivity index (χ4n) is 1.51. The Morgan fingerprint density at radius 2 is 1.61 bits per heavy atom. The van der Waals surface area contributed by atoms with E-state index in [4.69, 9.17) is 0 Å². The standard InChI is InChI=1S/C13H14F3NO/c1-4-11(18)17-12(2,3)9-5-7-10(8-6-9)13(14,15)16/h4-8H,1H2,2-3H3,(H,17,18). The third kappa shape index (κ3) is 3.35. The predicted octanol–water partition coefficient (Wildman–Crippen LogP) is 3.24. The van der Waals surface area contributed by atoms with Crippen molar-refractivity contribution in [1.82, 2.24) is 5.32 Å². The van der Waals surface area contributed by atoms with Crippen molar-refractivity contribution < 1.29 is 18.0 Å². The van der Waals surface area contributed by atoms with Crippen molar-refractivity contribution in [2.24, 2.45) is 0 Å². The first-order chi connectivity index (χ1) is 8.16. The number of carbonyl (C=O) groups is 1. The second kappa shape index (κ2) is 4.84. The van der Waals surface area contributed by atoms with E-state index in [-0.39, 0.29) is 5.91 Å². The number of carbonyl (C=O) groups excluding carboxylic acids is 1. The lowest BCUT2D eigenvalue weighted by atomic mass is 9.93. The summed E-state index contributed by atoms with van der Waals surface area (Å²) in [5.74, 6) is -0.375. The Balaban J connectivity index is 2.97. The third-order valence-corrected chi connectivity index (χ3v) is 2.56. The summed E-state index contributed by atoms with van der Waals surface area (Å²) in [6, 6.07) is 4.70. The highest BCUT2D eigenvalue weighted by molar-refractivity contribution is 5.87. The molecule has 0 radical (unpaired) electrons. The Bertz CT molecular complexity index is 446. The molecule has 1 amide bonds. The van der Waals surface area contributed by atoms with Crippen LogP contribution in [0.3, 0.4) is 0 Å². The largest absolute Gasteiger partial charge is 0.416 e. The Morgan fingerprint density at radius 3 is 2.00 bits per heavy atom. The van der Waals surface area contributed by atoms with E-state index >= 15 is 0 Å². The van der Waals surface area contributed by atoms with Gasteiger partial charge in [0.25, 0.3) is 0 Å². The van der Waals surface area contributed by atoms with Crippen molar-refractivity contribution in [2.75, 3.05) is 0 Å². The lowest BCUT2D eigenvalue weighted by Gasteiger charge is -2.26. The topological polar surface area (TPSA) is 29.1 Å². The average Bonchev–Trinajstić information content (AvgIpc) is 2.27. The number of rotatable bonds is 3. The minimum atomic E-state index is -4.35. The number of nitrogens with one attached hydrogen (secondary N) is 1. The Hall–Kier alpha value is -1.78. The molecule has 98 valence electrons. The molecule has 0 aliphatic rings. The van der Waals surface area contributed by atoms with Gasteiger partial charge in [-0.25, -0.2) is 0 Å². The van der Waals surface area contributed by atoms with Crippen LogP contribution in [0, 0.1) is 0 Å². The quantitative estimate of drug-likeness (QED) is 0.827. The molecule has 0 spiro atoms. The number of hydrogen-bond acceptors (Lipinski definition) is 1. The molecule has 2 nitrogen and oxygen atoms in total. The molecule has 1 aromatic rings. The molecule has 0 bridgehead atoms. The van der Waals surface area contributed by atoms with E-state index in [2.05, 4.69) is 11.9 Å². The van der Waals surface area contributed by atoms with Crippen LogP contribution in [0.4, 0.5) is 13.2 Å². The van der Waals surface area contributed by atoms with Crippen LogP contribution < -0.4 is 5.32 Å². The summed E-state index contributed by atoms with van der Waals surface area (Å²) >= 11 is 0. The highest BCUT2D eigenvalue weighted by atomic mass is 19.4. The van der Waals surface area contributed by atoms with Gasteiger partial charge in [-0.05, 0) is 37.6 Å². The highest BCUT2D eigenvalue weighted by Crippen LogP contribution is 2.30. The summed E-state index contributed by atoms with van der Waals surface area (Å²) < 4.78 is 37.2. The fourth-order valence-corrected chi connectivity index (χ4v) is 1.51. The van der Waals surface area contributed by atoms with Crippen LogP contribution in [0.2, 0.25) is 0 Å². The minimum absolute atomic E-state index is 0.375. The van der Waals surface area contributed by atoms with E-state index in [9.17, 15) is 18.0 Å². The van der Waals surface area contributed by atoms with Gasteiger partial charge in [0.05, 0.1) is 11.1 Å². The third-order valence-electron chi connectivity index (χ3n) is 2.56. The van der Waals surface area contributed by atoms with Crippen LogP contribution in [0.1, 0.15) is 25.0 Å². The van der Waals surface area contributed by atoms with Gasteiger partial charge < -0.3 is 5.32 Å². The average molecular weight is 257 g/mol. The van der Waals surface area contributed by atoms with E-state index in [0.717, 1.165) is 18.2 Å². The molecule has 1 rings (SSSR count). The molecule has 0 saturated carbocycles. The van der Waals surface area contributed by atoms with Crippen LogP contribution in [0.15, 0.2) is 36.9 Å². The van der Waals surface area contributed by atoms with E-state index in [0.29, 0.717) is 5.56 Å². The molecule has 0 saturated heterocycles. The highest BCUT2D eigenvalue weighted by Gasteiger charge is 2.31. The summed E-state index contributed by atoms with van der Waals surface area (Å²) in [6.07, 6.45) is -3.24. The van der Waals surface area contributed by atoms with Crippen LogP contribution in [-0.2, 0) is 16.5 Å². The van der Waals surface area contributed by atoms with Gasteiger partial charge in [-0.2, -0.15) is 13.2 Å². The van der Waals surface area contributed by atoms with Crippen molar-refractivity contribution in [3.05, 3.63) is 48.0 Å². The molecule has 5 heteroatoms. The number of halogens is 3. The monoisotopic (exact) mass is 257 g/mol. The smallest absolute Gasteiger partial charge is 0.344 e. The lowest BCUT2D eigenvalue weighted by Crippen LogP contribution is -2.40. The molecule has 1 N–H and O–H groups in total. The fraction of sp³-hybridized carbons (Fsp3) is 0.308. The maximum Gasteiger partial charge on any atom is 0.416 e. The van der Waals surface area contributed by atoms with E-state index < -0.39 is 17.3 Å². The second-order valence-corrected chi connectivity index (χ2v) is 4.39. The summed E-state index contributed by atoms with van der Waals surface area (Å²) in [4.78, 5) is 11.2. The normalized spacial score (nSPS) is 12.1. The molecule has 1 aromatic carbocycles. The first-order valence-electron chi connectivity index (χ1n) is 5.29. The maximum absolute atomic E-state index is 12.4. The van der Waals surface area contributed by atoms with Crippen LogP contribution >= 0.6 is 0 Å². The molecule has 0 aromatic heterocycles. The molecular formula is C13H14F3NO. The van der Waals surface area contributed by atoms with Gasteiger partial charge >= 0.3 is 6.18 Å². The molecule has 18 heavy (non-hydrogen) atoms. The zero-order chi connectivity index (χ0) is 14.0. The van der Waals surface area contributed by atoms with E-state index in [1.165, 1.54) is 12.1 Å². The van der Waals surface area contributed by atoms with Gasteiger partial charge in [0.1, 0.15) is 0 Å². The first kappa shape index (κ1) is 14.3. The molecular weight excluding hydrogens is 243 g/mol. The Kier molecular flexibility index (Phi) is 3.84. The summed E-state index contributed by atoms with van der Waals surface area (Å²) in [5, 5.41) is 2.64. The van der Waals surface area contributed by atoms with Gasteiger partial charge in [-0.1, -0.05) is 18.7 Å². The summed E-state index contributed by atoms with van der Waals surface area (Å²) in [5.41, 5.74) is -0.877. The zero-order valence-corrected chi connectivity index (χ0v) is 10.1. The molecule has 0 fully saturated rings. The molecule has 0 atom stereocenters. The minimum Gasteiger partial charge on any atom is -0.344 e.